The molecule has 2 fully saturated rings. The van der Waals surface area contributed by atoms with Crippen molar-refractivity contribution in [1.82, 2.24) is 20.5 Å². The molecule has 3 aliphatic rings. The second kappa shape index (κ2) is 9.32. The second-order valence-electron chi connectivity index (χ2n) is 8.87. The molecule has 190 valence electrons. The predicted octanol–water partition coefficient (Wildman–Crippen LogP) is 2.56. The molecule has 3 aliphatic heterocycles. The molecule has 1 aromatic heterocycles. The van der Waals surface area contributed by atoms with Crippen LogP contribution in [0, 0.1) is 18.7 Å². The number of fused-ring (bicyclic) bond motifs is 1. The second-order valence-corrected chi connectivity index (χ2v) is 9.76. The van der Waals surface area contributed by atoms with Crippen molar-refractivity contribution in [3.05, 3.63) is 63.0 Å². The lowest BCUT2D eigenvalue weighted by Gasteiger charge is -2.31. The van der Waals surface area contributed by atoms with E-state index < -0.39 is 48.2 Å². The predicted molar refractivity (Wildman–Crippen MR) is 126 cm³/mol. The number of likely N-dealkylation sites (tertiary alicyclic amines) is 1. The number of aromatic nitrogens is 1. The zero-order chi connectivity index (χ0) is 25.6. The van der Waals surface area contributed by atoms with Crippen molar-refractivity contribution >= 4 is 29.0 Å². The minimum absolute atomic E-state index is 0.0818. The van der Waals surface area contributed by atoms with Gasteiger partial charge in [0.2, 0.25) is 5.91 Å². The van der Waals surface area contributed by atoms with E-state index in [9.17, 15) is 22.8 Å². The summed E-state index contributed by atoms with van der Waals surface area (Å²) in [6.07, 6.45) is 1.60. The standard InChI is InChI=1S/C24H24F3N5O3S/c1-3-35-23(34)17-15(10-32-11-24(26,27)18-16(32)9-29-21(18)33)30-20(22-28-7-8-36-22)31-19(17)13-5-4-6-14(25)12(13)2/h4-8,16,18-19H,3,9-11H2,1-2H3,(H,29,33)(H,30,31). The average Bonchev–Trinajstić information content (AvgIpc) is 3.55. The number of esters is 1. The molecule has 0 saturated carbocycles. The van der Waals surface area contributed by atoms with Gasteiger partial charge >= 0.3 is 5.97 Å². The summed E-state index contributed by atoms with van der Waals surface area (Å²) in [5, 5.41) is 7.91. The van der Waals surface area contributed by atoms with Gasteiger partial charge in [-0.15, -0.1) is 11.3 Å². The van der Waals surface area contributed by atoms with Crippen molar-refractivity contribution in [1.29, 1.82) is 0 Å². The van der Waals surface area contributed by atoms with Gasteiger partial charge in [0.15, 0.2) is 10.8 Å². The average molecular weight is 520 g/mol. The molecular weight excluding hydrogens is 495 g/mol. The zero-order valence-electron chi connectivity index (χ0n) is 19.6. The van der Waals surface area contributed by atoms with Gasteiger partial charge in [-0.1, -0.05) is 12.1 Å². The van der Waals surface area contributed by atoms with Crippen LogP contribution < -0.4 is 10.6 Å². The first kappa shape index (κ1) is 24.4. The maximum Gasteiger partial charge on any atom is 0.338 e. The molecule has 0 spiro atoms. The van der Waals surface area contributed by atoms with E-state index in [2.05, 4.69) is 15.6 Å². The van der Waals surface area contributed by atoms with E-state index in [0.717, 1.165) is 0 Å². The van der Waals surface area contributed by atoms with Gasteiger partial charge in [0.05, 0.1) is 18.7 Å². The van der Waals surface area contributed by atoms with Crippen molar-refractivity contribution in [2.45, 2.75) is 31.9 Å². The first-order valence-corrected chi connectivity index (χ1v) is 12.4. The van der Waals surface area contributed by atoms with E-state index in [1.165, 1.54) is 28.4 Å². The fourth-order valence-electron chi connectivity index (χ4n) is 5.05. The molecule has 4 heterocycles. The quantitative estimate of drug-likeness (QED) is 0.570. The Morgan fingerprint density at radius 3 is 2.89 bits per heavy atom. The molecule has 3 unspecified atom stereocenters. The number of carbonyl (C=O) groups is 2. The van der Waals surface area contributed by atoms with Gasteiger partial charge in [0.1, 0.15) is 17.8 Å². The number of hydrogen-bond acceptors (Lipinski definition) is 8. The Hall–Kier alpha value is -3.25. The highest BCUT2D eigenvalue weighted by molar-refractivity contribution is 7.11. The number of nitrogens with one attached hydrogen (secondary N) is 2. The van der Waals surface area contributed by atoms with E-state index in [1.807, 2.05) is 0 Å². The van der Waals surface area contributed by atoms with E-state index >= 15 is 0 Å². The number of nitrogens with zero attached hydrogens (tertiary/aromatic N) is 3. The normalized spacial score (nSPS) is 25.3. The lowest BCUT2D eigenvalue weighted by Crippen LogP contribution is -2.43. The summed E-state index contributed by atoms with van der Waals surface area (Å²) in [7, 11) is 0. The van der Waals surface area contributed by atoms with Crippen LogP contribution in [0.2, 0.25) is 0 Å². The summed E-state index contributed by atoms with van der Waals surface area (Å²) in [5.41, 5.74) is 1.17. The molecule has 1 aromatic carbocycles. The number of amides is 1. The van der Waals surface area contributed by atoms with Crippen LogP contribution >= 0.6 is 11.3 Å². The molecular formula is C24H24F3N5O3S. The van der Waals surface area contributed by atoms with Gasteiger partial charge in [-0.2, -0.15) is 0 Å². The summed E-state index contributed by atoms with van der Waals surface area (Å²) in [5.74, 6) is -6.15. The number of thiazole rings is 1. The SMILES string of the molecule is CCOC(=O)C1=C(CN2CC(F)(F)C3C(=O)NCC32)NC(c2nccs2)=NC1c1cccc(F)c1C. The number of amidine groups is 1. The third kappa shape index (κ3) is 4.17. The summed E-state index contributed by atoms with van der Waals surface area (Å²) in [6.45, 7) is 2.69. The minimum atomic E-state index is -3.21. The number of ether oxygens (including phenoxy) is 1. The molecule has 3 atom stereocenters. The Bertz CT molecular complexity index is 1260. The topological polar surface area (TPSA) is 95.9 Å². The Balaban J connectivity index is 1.62. The van der Waals surface area contributed by atoms with Crippen molar-refractivity contribution in [3.63, 3.8) is 0 Å². The summed E-state index contributed by atoms with van der Waals surface area (Å²) in [6, 6.07) is 2.84. The molecule has 12 heteroatoms. The minimum Gasteiger partial charge on any atom is -0.463 e. The highest BCUT2D eigenvalue weighted by Crippen LogP contribution is 2.42. The Morgan fingerprint density at radius 1 is 1.36 bits per heavy atom. The number of carbonyl (C=O) groups excluding carboxylic acids is 2. The molecule has 0 radical (unpaired) electrons. The van der Waals surface area contributed by atoms with Crippen molar-refractivity contribution < 1.29 is 27.5 Å². The molecule has 5 rings (SSSR count). The molecule has 0 bridgehead atoms. The zero-order valence-corrected chi connectivity index (χ0v) is 20.4. The van der Waals surface area contributed by atoms with Gasteiger partial charge in [0, 0.05) is 36.4 Å². The number of aliphatic imine (C=N–C) groups is 1. The first-order valence-electron chi connectivity index (χ1n) is 11.5. The van der Waals surface area contributed by atoms with Gasteiger partial charge in [-0.3, -0.25) is 14.7 Å². The molecule has 8 nitrogen and oxygen atoms in total. The molecule has 36 heavy (non-hydrogen) atoms. The van der Waals surface area contributed by atoms with Crippen LogP contribution in [0.4, 0.5) is 13.2 Å². The largest absolute Gasteiger partial charge is 0.463 e. The monoisotopic (exact) mass is 519 g/mol. The van der Waals surface area contributed by atoms with Crippen molar-refractivity contribution in [2.24, 2.45) is 10.9 Å². The Kier molecular flexibility index (Phi) is 6.33. The first-order chi connectivity index (χ1) is 17.2. The third-order valence-corrected chi connectivity index (χ3v) is 7.49. The van der Waals surface area contributed by atoms with Crippen LogP contribution in [-0.4, -0.2) is 65.8 Å². The smallest absolute Gasteiger partial charge is 0.338 e. The number of hydrogen-bond donors (Lipinski definition) is 2. The van der Waals surface area contributed by atoms with Gasteiger partial charge in [-0.25, -0.2) is 22.9 Å². The highest BCUT2D eigenvalue weighted by atomic mass is 32.1. The maximum absolute atomic E-state index is 14.8. The third-order valence-electron chi connectivity index (χ3n) is 6.71. The number of rotatable bonds is 6. The molecule has 2 saturated heterocycles. The van der Waals surface area contributed by atoms with Crippen LogP contribution in [0.25, 0.3) is 0 Å². The van der Waals surface area contributed by atoms with E-state index in [0.29, 0.717) is 27.7 Å². The fraction of sp³-hybridized carbons (Fsp3) is 0.417. The van der Waals surface area contributed by atoms with Crippen molar-refractivity contribution in [3.8, 4) is 0 Å². The number of benzene rings is 1. The van der Waals surface area contributed by atoms with Crippen LogP contribution in [0.3, 0.4) is 0 Å². The molecule has 2 N–H and O–H groups in total. The Morgan fingerprint density at radius 2 is 2.17 bits per heavy atom. The number of halogens is 3. The lowest BCUT2D eigenvalue weighted by molar-refractivity contribution is -0.139. The van der Waals surface area contributed by atoms with E-state index in [-0.39, 0.29) is 25.3 Å². The van der Waals surface area contributed by atoms with Gasteiger partial charge < -0.3 is 15.4 Å². The molecule has 1 amide bonds. The van der Waals surface area contributed by atoms with Crippen LogP contribution in [0.5, 0.6) is 0 Å². The lowest BCUT2D eigenvalue weighted by atomic mass is 9.92. The fourth-order valence-corrected chi connectivity index (χ4v) is 5.64. The number of alkyl halides is 2. The summed E-state index contributed by atoms with van der Waals surface area (Å²) in [4.78, 5) is 35.8. The van der Waals surface area contributed by atoms with Crippen molar-refractivity contribution in [2.75, 3.05) is 26.2 Å². The van der Waals surface area contributed by atoms with Crippen LogP contribution in [0.15, 0.2) is 46.0 Å². The van der Waals surface area contributed by atoms with Gasteiger partial charge in [-0.05, 0) is 31.0 Å². The van der Waals surface area contributed by atoms with Crippen LogP contribution in [0.1, 0.15) is 29.1 Å². The maximum atomic E-state index is 14.8. The Labute approximate surface area is 209 Å². The summed E-state index contributed by atoms with van der Waals surface area (Å²) < 4.78 is 49.4. The van der Waals surface area contributed by atoms with Crippen LogP contribution in [-0.2, 0) is 14.3 Å². The van der Waals surface area contributed by atoms with E-state index in [1.54, 1.807) is 31.5 Å². The van der Waals surface area contributed by atoms with E-state index in [4.69, 9.17) is 9.73 Å². The highest BCUT2D eigenvalue weighted by Gasteiger charge is 2.60. The molecule has 2 aromatic rings. The van der Waals surface area contributed by atoms with Gasteiger partial charge in [0.25, 0.3) is 5.92 Å². The summed E-state index contributed by atoms with van der Waals surface area (Å²) >= 11 is 1.31. The molecule has 0 aliphatic carbocycles.